The second-order valence-electron chi connectivity index (χ2n) is 5.17. The van der Waals surface area contributed by atoms with Crippen LogP contribution in [0.15, 0.2) is 11.8 Å². The quantitative estimate of drug-likeness (QED) is 0.663. The van der Waals surface area contributed by atoms with E-state index in [0.717, 1.165) is 5.67 Å². The summed E-state index contributed by atoms with van der Waals surface area (Å²) in [6.07, 6.45) is 9.40. The molecule has 2 heteroatoms. The normalized spacial score (nSPS) is 23.2. The van der Waals surface area contributed by atoms with E-state index in [1.54, 1.807) is 0 Å². The molecule has 1 saturated heterocycles. The van der Waals surface area contributed by atoms with Crippen LogP contribution in [0.4, 0.5) is 0 Å². The lowest BCUT2D eigenvalue weighted by Crippen LogP contribution is -2.44. The summed E-state index contributed by atoms with van der Waals surface area (Å²) < 4.78 is 0. The van der Waals surface area contributed by atoms with E-state index in [0.29, 0.717) is 0 Å². The molecule has 0 radical (unpaired) electrons. The molecule has 0 aromatic heterocycles. The molecule has 1 heterocycles. The molecule has 0 aliphatic carbocycles. The molecule has 0 spiro atoms. The van der Waals surface area contributed by atoms with Crippen molar-refractivity contribution in [3.8, 4) is 0 Å². The maximum Gasteiger partial charge on any atom is 0.0796 e. The van der Waals surface area contributed by atoms with Crippen molar-refractivity contribution in [3.05, 3.63) is 11.8 Å². The molecule has 0 amide bonds. The van der Waals surface area contributed by atoms with Gasteiger partial charge < -0.3 is 4.90 Å². The van der Waals surface area contributed by atoms with E-state index in [1.165, 1.54) is 51.2 Å². The Morgan fingerprint density at radius 3 is 2.31 bits per heavy atom. The summed E-state index contributed by atoms with van der Waals surface area (Å²) in [5.74, 6) is 0. The van der Waals surface area contributed by atoms with Crippen LogP contribution in [0.2, 0.25) is 6.04 Å². The summed E-state index contributed by atoms with van der Waals surface area (Å²) in [4.78, 5) is 2.78. The number of likely N-dealkylation sites (tertiary alicyclic amines) is 1. The number of hydrogen-bond acceptors (Lipinski definition) is 1. The summed E-state index contributed by atoms with van der Waals surface area (Å²) in [7, 11) is -0.676. The lowest BCUT2D eigenvalue weighted by Gasteiger charge is -2.32. The van der Waals surface area contributed by atoms with E-state index < -0.39 is 8.80 Å². The van der Waals surface area contributed by atoms with Gasteiger partial charge in [0.1, 0.15) is 0 Å². The van der Waals surface area contributed by atoms with Crippen LogP contribution in [0, 0.1) is 0 Å². The van der Waals surface area contributed by atoms with Gasteiger partial charge in [-0.1, -0.05) is 45.2 Å². The third-order valence-corrected chi connectivity index (χ3v) is 7.68. The Hall–Kier alpha value is -0.0831. The Labute approximate surface area is 104 Å². The highest BCUT2D eigenvalue weighted by atomic mass is 28.3. The van der Waals surface area contributed by atoms with Gasteiger partial charge in [0.15, 0.2) is 0 Å². The second-order valence-corrected chi connectivity index (χ2v) is 8.42. The number of allylic oxidation sites excluding steroid dienone is 1. The zero-order valence-corrected chi connectivity index (χ0v) is 12.6. The van der Waals surface area contributed by atoms with Gasteiger partial charge >= 0.3 is 0 Å². The van der Waals surface area contributed by atoms with Crippen LogP contribution in [-0.4, -0.2) is 32.5 Å². The largest absolute Gasteiger partial charge is 0.303 e. The third-order valence-electron chi connectivity index (χ3n) is 3.90. The first-order valence-corrected chi connectivity index (χ1v) is 9.31. The number of nitrogens with zero attached hydrogens (tertiary/aromatic N) is 1. The Morgan fingerprint density at radius 2 is 1.81 bits per heavy atom. The molecule has 1 aliphatic heterocycles. The zero-order valence-electron chi connectivity index (χ0n) is 11.4. The first-order valence-electron chi connectivity index (χ1n) is 7.16. The van der Waals surface area contributed by atoms with Crippen molar-refractivity contribution in [2.75, 3.05) is 13.1 Å². The second kappa shape index (κ2) is 8.07. The van der Waals surface area contributed by atoms with Crippen LogP contribution in [0.25, 0.3) is 0 Å². The average Bonchev–Trinajstić information content (AvgIpc) is 2.56. The Balaban J connectivity index is 2.52. The Morgan fingerprint density at radius 1 is 1.19 bits per heavy atom. The van der Waals surface area contributed by atoms with Gasteiger partial charge in [0.25, 0.3) is 0 Å². The molecule has 1 aliphatic rings. The highest BCUT2D eigenvalue weighted by Gasteiger charge is 2.22. The number of rotatable bonds is 5. The SMILES string of the molecule is CC=C[SiH](CCC)C(C)N1CCCCCC1. The van der Waals surface area contributed by atoms with Gasteiger partial charge in [-0.2, -0.15) is 0 Å². The monoisotopic (exact) mass is 239 g/mol. The van der Waals surface area contributed by atoms with E-state index in [1.807, 2.05) is 0 Å². The van der Waals surface area contributed by atoms with Gasteiger partial charge in [-0.25, -0.2) is 0 Å². The summed E-state index contributed by atoms with van der Waals surface area (Å²) in [6.45, 7) is 9.71. The lowest BCUT2D eigenvalue weighted by atomic mass is 10.2. The molecule has 1 rings (SSSR count). The summed E-state index contributed by atoms with van der Waals surface area (Å²) in [5, 5.41) is 0. The van der Waals surface area contributed by atoms with Gasteiger partial charge in [-0.05, 0) is 32.9 Å². The van der Waals surface area contributed by atoms with Gasteiger partial charge in [-0.15, -0.1) is 5.70 Å². The van der Waals surface area contributed by atoms with Crippen molar-refractivity contribution in [1.82, 2.24) is 4.90 Å². The zero-order chi connectivity index (χ0) is 11.8. The molecular formula is C14H29NSi. The maximum atomic E-state index is 2.78. The van der Waals surface area contributed by atoms with Crippen LogP contribution in [-0.2, 0) is 0 Å². The van der Waals surface area contributed by atoms with Crippen LogP contribution in [0.5, 0.6) is 0 Å². The molecule has 16 heavy (non-hydrogen) atoms. The standard InChI is InChI=1S/C14H29NSi/c1-4-12-16(13-5-2)14(3)15-10-8-6-7-9-11-15/h4,12,14,16H,5-11,13H2,1-3H3. The van der Waals surface area contributed by atoms with E-state index >= 15 is 0 Å². The van der Waals surface area contributed by atoms with Crippen LogP contribution >= 0.6 is 0 Å². The van der Waals surface area contributed by atoms with E-state index in [-0.39, 0.29) is 0 Å². The topological polar surface area (TPSA) is 3.24 Å². The van der Waals surface area contributed by atoms with Gasteiger partial charge in [0.2, 0.25) is 0 Å². The van der Waals surface area contributed by atoms with Crippen LogP contribution in [0.1, 0.15) is 52.9 Å². The molecule has 2 atom stereocenters. The molecule has 2 unspecified atom stereocenters. The smallest absolute Gasteiger partial charge is 0.0796 e. The maximum absolute atomic E-state index is 2.78. The molecule has 0 saturated carbocycles. The fourth-order valence-electron chi connectivity index (χ4n) is 2.85. The highest BCUT2D eigenvalue weighted by Crippen LogP contribution is 2.16. The molecule has 0 aromatic carbocycles. The predicted octanol–water partition coefficient (Wildman–Crippen LogP) is 3.54. The van der Waals surface area contributed by atoms with Crippen molar-refractivity contribution >= 4 is 8.80 Å². The van der Waals surface area contributed by atoms with Crippen molar-refractivity contribution in [3.63, 3.8) is 0 Å². The first-order chi connectivity index (χ1) is 7.79. The fourth-order valence-corrected chi connectivity index (χ4v) is 5.85. The molecule has 0 aromatic rings. The van der Waals surface area contributed by atoms with Crippen molar-refractivity contribution in [2.24, 2.45) is 0 Å². The molecule has 1 fully saturated rings. The van der Waals surface area contributed by atoms with Crippen molar-refractivity contribution in [2.45, 2.75) is 64.6 Å². The van der Waals surface area contributed by atoms with E-state index in [2.05, 4.69) is 37.4 Å². The molecule has 0 bridgehead atoms. The van der Waals surface area contributed by atoms with Gasteiger partial charge in [-0.3, -0.25) is 0 Å². The molecular weight excluding hydrogens is 210 g/mol. The first kappa shape index (κ1) is 14.0. The van der Waals surface area contributed by atoms with Gasteiger partial charge in [0, 0.05) is 5.67 Å². The Kier molecular flexibility index (Phi) is 7.05. The highest BCUT2D eigenvalue weighted by molar-refractivity contribution is 6.65. The summed E-state index contributed by atoms with van der Waals surface area (Å²) in [5.41, 5.74) is 3.42. The van der Waals surface area contributed by atoms with E-state index in [9.17, 15) is 0 Å². The van der Waals surface area contributed by atoms with Crippen LogP contribution < -0.4 is 0 Å². The minimum atomic E-state index is -0.676. The third kappa shape index (κ3) is 4.42. The molecule has 0 N–H and O–H groups in total. The van der Waals surface area contributed by atoms with E-state index in [4.69, 9.17) is 0 Å². The lowest BCUT2D eigenvalue weighted by molar-refractivity contribution is 0.268. The summed E-state index contributed by atoms with van der Waals surface area (Å²) in [6, 6.07) is 1.47. The van der Waals surface area contributed by atoms with Crippen molar-refractivity contribution in [1.29, 1.82) is 0 Å². The number of hydrogen-bond donors (Lipinski definition) is 0. The van der Waals surface area contributed by atoms with Gasteiger partial charge in [0.05, 0.1) is 8.80 Å². The minimum absolute atomic E-state index is 0.676. The fraction of sp³-hybridized carbons (Fsp3) is 0.857. The summed E-state index contributed by atoms with van der Waals surface area (Å²) >= 11 is 0. The Bertz CT molecular complexity index is 195. The van der Waals surface area contributed by atoms with Crippen molar-refractivity contribution < 1.29 is 0 Å². The molecule has 94 valence electrons. The average molecular weight is 239 g/mol. The minimum Gasteiger partial charge on any atom is -0.303 e. The predicted molar refractivity (Wildman–Crippen MR) is 76.6 cm³/mol. The molecule has 1 nitrogen and oxygen atoms in total. The van der Waals surface area contributed by atoms with Crippen LogP contribution in [0.3, 0.4) is 0 Å².